The molecule has 1 aromatic carbocycles. The molecule has 1 atom stereocenters. The molecule has 0 aliphatic heterocycles. The average molecular weight is 286 g/mol. The maximum Gasteiger partial charge on any atom is 0.134 e. The lowest BCUT2D eigenvalue weighted by atomic mass is 10.1. The minimum Gasteiger partial charge on any atom is -0.464 e. The molecule has 0 bridgehead atoms. The Morgan fingerprint density at radius 3 is 2.85 bits per heavy atom. The van der Waals surface area contributed by atoms with Gasteiger partial charge >= 0.3 is 0 Å². The number of nitrogens with zero attached hydrogens (tertiary/aromatic N) is 1. The minimum atomic E-state index is 0.301. The number of hydrogen-bond acceptors (Lipinski definition) is 4. The van der Waals surface area contributed by atoms with Crippen molar-refractivity contribution in [1.29, 1.82) is 0 Å². The lowest BCUT2D eigenvalue weighted by Crippen LogP contribution is -2.17. The summed E-state index contributed by atoms with van der Waals surface area (Å²) in [7, 11) is 0. The van der Waals surface area contributed by atoms with Gasteiger partial charge in [0, 0.05) is 28.4 Å². The molecule has 0 saturated carbocycles. The van der Waals surface area contributed by atoms with Gasteiger partial charge in [-0.1, -0.05) is 18.2 Å². The number of benzene rings is 1. The highest BCUT2D eigenvalue weighted by molar-refractivity contribution is 7.11. The van der Waals surface area contributed by atoms with Gasteiger partial charge in [0.2, 0.25) is 0 Å². The quantitative estimate of drug-likeness (QED) is 0.774. The standard InChI is InChI=1S/C16H18N2OS/c1-10(16-11(2)18-12(3)20-16)17-8-13-9-19-15-7-5-4-6-14(13)15/h4-7,9-10,17H,8H2,1-3H3. The largest absolute Gasteiger partial charge is 0.464 e. The zero-order valence-electron chi connectivity index (χ0n) is 11.9. The van der Waals surface area contributed by atoms with Gasteiger partial charge in [0.25, 0.3) is 0 Å². The molecule has 4 heteroatoms. The highest BCUT2D eigenvalue weighted by atomic mass is 32.1. The number of nitrogens with one attached hydrogen (secondary N) is 1. The van der Waals surface area contributed by atoms with Crippen LogP contribution in [0.25, 0.3) is 11.0 Å². The zero-order chi connectivity index (χ0) is 14.1. The topological polar surface area (TPSA) is 38.1 Å². The molecule has 0 saturated heterocycles. The van der Waals surface area contributed by atoms with Crippen molar-refractivity contribution >= 4 is 22.3 Å². The first-order valence-electron chi connectivity index (χ1n) is 6.77. The van der Waals surface area contributed by atoms with Crippen molar-refractivity contribution in [2.24, 2.45) is 0 Å². The summed E-state index contributed by atoms with van der Waals surface area (Å²) in [6.45, 7) is 7.11. The van der Waals surface area contributed by atoms with Crippen LogP contribution in [0.15, 0.2) is 34.9 Å². The molecular weight excluding hydrogens is 268 g/mol. The number of hydrogen-bond donors (Lipinski definition) is 1. The number of aryl methyl sites for hydroxylation is 2. The van der Waals surface area contributed by atoms with Gasteiger partial charge in [-0.15, -0.1) is 11.3 Å². The summed E-state index contributed by atoms with van der Waals surface area (Å²) in [5.41, 5.74) is 3.28. The van der Waals surface area contributed by atoms with E-state index in [0.29, 0.717) is 6.04 Å². The summed E-state index contributed by atoms with van der Waals surface area (Å²) in [6, 6.07) is 8.44. The van der Waals surface area contributed by atoms with Gasteiger partial charge < -0.3 is 9.73 Å². The summed E-state index contributed by atoms with van der Waals surface area (Å²) in [5.74, 6) is 0. The van der Waals surface area contributed by atoms with Gasteiger partial charge in [-0.3, -0.25) is 0 Å². The van der Waals surface area contributed by atoms with E-state index in [2.05, 4.69) is 37.1 Å². The lowest BCUT2D eigenvalue weighted by Gasteiger charge is -2.12. The number of rotatable bonds is 4. The van der Waals surface area contributed by atoms with Crippen molar-refractivity contribution in [3.05, 3.63) is 51.7 Å². The Bertz CT molecular complexity index is 729. The molecule has 3 nitrogen and oxygen atoms in total. The van der Waals surface area contributed by atoms with Crippen molar-refractivity contribution in [3.8, 4) is 0 Å². The van der Waals surface area contributed by atoms with Crippen LogP contribution >= 0.6 is 11.3 Å². The maximum atomic E-state index is 5.57. The second kappa shape index (κ2) is 5.38. The van der Waals surface area contributed by atoms with E-state index in [1.807, 2.05) is 24.5 Å². The number of furan rings is 1. The highest BCUT2D eigenvalue weighted by Crippen LogP contribution is 2.26. The molecule has 2 heterocycles. The Hall–Kier alpha value is -1.65. The van der Waals surface area contributed by atoms with Crippen molar-refractivity contribution in [2.45, 2.75) is 33.4 Å². The monoisotopic (exact) mass is 286 g/mol. The second-order valence-corrected chi connectivity index (χ2v) is 6.28. The predicted octanol–water partition coefficient (Wildman–Crippen LogP) is 4.36. The fourth-order valence-electron chi connectivity index (χ4n) is 2.47. The minimum absolute atomic E-state index is 0.301. The molecule has 0 amide bonds. The summed E-state index contributed by atoms with van der Waals surface area (Å²) in [5, 5.41) is 5.87. The SMILES string of the molecule is Cc1nc(C)c(C(C)NCc2coc3ccccc23)s1. The predicted molar refractivity (Wildman–Crippen MR) is 83.1 cm³/mol. The summed E-state index contributed by atoms with van der Waals surface area (Å²) in [6.07, 6.45) is 1.84. The molecule has 104 valence electrons. The van der Waals surface area contributed by atoms with E-state index < -0.39 is 0 Å². The molecule has 2 aromatic heterocycles. The van der Waals surface area contributed by atoms with Crippen LogP contribution in [0.5, 0.6) is 0 Å². The Kier molecular flexibility index (Phi) is 3.59. The molecule has 0 aliphatic rings. The van der Waals surface area contributed by atoms with Gasteiger partial charge in [-0.25, -0.2) is 4.98 Å². The van der Waals surface area contributed by atoms with Crippen LogP contribution < -0.4 is 5.32 Å². The number of fused-ring (bicyclic) bond motifs is 1. The first kappa shape index (κ1) is 13.3. The first-order valence-corrected chi connectivity index (χ1v) is 7.59. The first-order chi connectivity index (χ1) is 9.65. The van der Waals surface area contributed by atoms with Crippen LogP contribution in [0.1, 0.15) is 34.1 Å². The fourth-order valence-corrected chi connectivity index (χ4v) is 3.43. The number of para-hydroxylation sites is 1. The number of aromatic nitrogens is 1. The van der Waals surface area contributed by atoms with E-state index >= 15 is 0 Å². The van der Waals surface area contributed by atoms with Crippen LogP contribution in [-0.4, -0.2) is 4.98 Å². The Labute approximate surface area is 122 Å². The van der Waals surface area contributed by atoms with E-state index in [4.69, 9.17) is 4.42 Å². The van der Waals surface area contributed by atoms with E-state index in [1.54, 1.807) is 11.3 Å². The molecular formula is C16H18N2OS. The van der Waals surface area contributed by atoms with Gasteiger partial charge in [0.15, 0.2) is 0 Å². The van der Waals surface area contributed by atoms with E-state index in [9.17, 15) is 0 Å². The van der Waals surface area contributed by atoms with E-state index in [1.165, 1.54) is 15.8 Å². The van der Waals surface area contributed by atoms with Crippen LogP contribution in [0.2, 0.25) is 0 Å². The number of thiazole rings is 1. The van der Waals surface area contributed by atoms with Crippen molar-refractivity contribution in [1.82, 2.24) is 10.3 Å². The molecule has 1 N–H and O–H groups in total. The zero-order valence-corrected chi connectivity index (χ0v) is 12.8. The van der Waals surface area contributed by atoms with Crippen LogP contribution in [0.4, 0.5) is 0 Å². The van der Waals surface area contributed by atoms with Crippen LogP contribution in [0, 0.1) is 13.8 Å². The Morgan fingerprint density at radius 2 is 2.10 bits per heavy atom. The molecule has 0 fully saturated rings. The van der Waals surface area contributed by atoms with Gasteiger partial charge in [0.1, 0.15) is 5.58 Å². The van der Waals surface area contributed by atoms with Crippen LogP contribution in [0.3, 0.4) is 0 Å². The molecule has 20 heavy (non-hydrogen) atoms. The van der Waals surface area contributed by atoms with Gasteiger partial charge in [-0.05, 0) is 26.8 Å². The summed E-state index contributed by atoms with van der Waals surface area (Å²) >= 11 is 1.77. The van der Waals surface area contributed by atoms with E-state index in [0.717, 1.165) is 22.8 Å². The third kappa shape index (κ3) is 2.49. The van der Waals surface area contributed by atoms with Gasteiger partial charge in [-0.2, -0.15) is 0 Å². The maximum absolute atomic E-state index is 5.57. The van der Waals surface area contributed by atoms with Crippen LogP contribution in [-0.2, 0) is 6.54 Å². The molecule has 1 unspecified atom stereocenters. The molecule has 0 radical (unpaired) electrons. The molecule has 0 aliphatic carbocycles. The lowest BCUT2D eigenvalue weighted by molar-refractivity contribution is 0.566. The fraction of sp³-hybridized carbons (Fsp3) is 0.312. The van der Waals surface area contributed by atoms with Crippen molar-refractivity contribution in [2.75, 3.05) is 0 Å². The normalized spacial score (nSPS) is 12.9. The van der Waals surface area contributed by atoms with E-state index in [-0.39, 0.29) is 0 Å². The molecule has 3 rings (SSSR count). The Balaban J connectivity index is 1.74. The van der Waals surface area contributed by atoms with Crippen molar-refractivity contribution < 1.29 is 4.42 Å². The Morgan fingerprint density at radius 1 is 1.30 bits per heavy atom. The molecule has 3 aromatic rings. The summed E-state index contributed by atoms with van der Waals surface area (Å²) in [4.78, 5) is 5.80. The third-order valence-corrected chi connectivity index (χ3v) is 4.75. The average Bonchev–Trinajstić information content (AvgIpc) is 2.99. The van der Waals surface area contributed by atoms with Crippen molar-refractivity contribution in [3.63, 3.8) is 0 Å². The summed E-state index contributed by atoms with van der Waals surface area (Å²) < 4.78 is 5.57. The molecule has 0 spiro atoms. The highest BCUT2D eigenvalue weighted by Gasteiger charge is 2.13. The smallest absolute Gasteiger partial charge is 0.134 e. The van der Waals surface area contributed by atoms with Gasteiger partial charge in [0.05, 0.1) is 17.0 Å². The second-order valence-electron chi connectivity index (χ2n) is 5.04. The third-order valence-electron chi connectivity index (χ3n) is 3.49.